The highest BCUT2D eigenvalue weighted by molar-refractivity contribution is 9.10. The molecule has 0 saturated heterocycles. The zero-order chi connectivity index (χ0) is 12.0. The fourth-order valence-corrected chi connectivity index (χ4v) is 2.49. The summed E-state index contributed by atoms with van der Waals surface area (Å²) in [5, 5.41) is 3.61. The van der Waals surface area contributed by atoms with Gasteiger partial charge in [-0.3, -0.25) is 0 Å². The molecule has 90 valence electrons. The average Bonchev–Trinajstić information content (AvgIpc) is 2.30. The van der Waals surface area contributed by atoms with Crippen molar-refractivity contribution in [2.45, 2.75) is 39.7 Å². The highest BCUT2D eigenvalue weighted by Gasteiger charge is 2.10. The lowest BCUT2D eigenvalue weighted by atomic mass is 10.0. The fourth-order valence-electron chi connectivity index (χ4n) is 1.86. The van der Waals surface area contributed by atoms with Crippen LogP contribution < -0.4 is 5.32 Å². The van der Waals surface area contributed by atoms with Gasteiger partial charge in [-0.1, -0.05) is 60.8 Å². The molecule has 0 aliphatic rings. The monoisotopic (exact) mass is 283 g/mol. The summed E-state index contributed by atoms with van der Waals surface area (Å²) < 4.78 is 1.19. The van der Waals surface area contributed by atoms with E-state index in [0.29, 0.717) is 6.04 Å². The third-order valence-corrected chi connectivity index (χ3v) is 3.96. The van der Waals surface area contributed by atoms with Crippen LogP contribution in [0.4, 0.5) is 0 Å². The number of hydrogen-bond acceptors (Lipinski definition) is 1. The Bertz CT molecular complexity index is 307. The summed E-state index contributed by atoms with van der Waals surface area (Å²) in [7, 11) is 0. The van der Waals surface area contributed by atoms with E-state index in [1.54, 1.807) is 0 Å². The van der Waals surface area contributed by atoms with Crippen LogP contribution >= 0.6 is 15.9 Å². The molecule has 0 fully saturated rings. The molecule has 1 nitrogen and oxygen atoms in total. The molecule has 0 heterocycles. The quantitative estimate of drug-likeness (QED) is 0.809. The van der Waals surface area contributed by atoms with E-state index in [1.165, 1.54) is 22.9 Å². The van der Waals surface area contributed by atoms with Gasteiger partial charge >= 0.3 is 0 Å². The molecular weight excluding hydrogens is 262 g/mol. The van der Waals surface area contributed by atoms with Crippen molar-refractivity contribution in [3.05, 3.63) is 34.3 Å². The number of hydrogen-bond donors (Lipinski definition) is 1. The van der Waals surface area contributed by atoms with Crippen LogP contribution in [0.15, 0.2) is 28.7 Å². The van der Waals surface area contributed by atoms with Crippen LogP contribution in [-0.2, 0) is 0 Å². The van der Waals surface area contributed by atoms with Crippen molar-refractivity contribution in [2.24, 2.45) is 5.92 Å². The predicted octanol–water partition coefficient (Wildman–Crippen LogP) is 4.54. The summed E-state index contributed by atoms with van der Waals surface area (Å²) >= 11 is 3.60. The Morgan fingerprint density at radius 1 is 1.19 bits per heavy atom. The maximum atomic E-state index is 3.61. The normalized spacial score (nSPS) is 13.1. The molecule has 0 unspecified atom stereocenters. The highest BCUT2D eigenvalue weighted by Crippen LogP contribution is 2.23. The average molecular weight is 284 g/mol. The fraction of sp³-hybridized carbons (Fsp3) is 0.571. The molecule has 1 N–H and O–H groups in total. The highest BCUT2D eigenvalue weighted by atomic mass is 79.9. The Kier molecular flexibility index (Phi) is 6.07. The van der Waals surface area contributed by atoms with Crippen molar-refractivity contribution in [1.29, 1.82) is 0 Å². The summed E-state index contributed by atoms with van der Waals surface area (Å²) in [4.78, 5) is 0. The Labute approximate surface area is 108 Å². The van der Waals surface area contributed by atoms with Crippen molar-refractivity contribution < 1.29 is 0 Å². The van der Waals surface area contributed by atoms with Gasteiger partial charge in [-0.2, -0.15) is 0 Å². The minimum absolute atomic E-state index is 0.413. The SMILES string of the molecule is CCC(CC)CN[C@H](C)c1ccccc1Br. The van der Waals surface area contributed by atoms with Crippen LogP contribution in [0, 0.1) is 5.92 Å². The van der Waals surface area contributed by atoms with E-state index in [0.717, 1.165) is 12.5 Å². The van der Waals surface area contributed by atoms with Crippen molar-refractivity contribution in [3.8, 4) is 0 Å². The Morgan fingerprint density at radius 2 is 1.81 bits per heavy atom. The van der Waals surface area contributed by atoms with Gasteiger partial charge in [-0.15, -0.1) is 0 Å². The second kappa shape index (κ2) is 7.08. The smallest absolute Gasteiger partial charge is 0.0303 e. The van der Waals surface area contributed by atoms with Crippen LogP contribution in [0.2, 0.25) is 0 Å². The second-order valence-corrected chi connectivity index (χ2v) is 5.19. The van der Waals surface area contributed by atoms with E-state index < -0.39 is 0 Å². The van der Waals surface area contributed by atoms with E-state index >= 15 is 0 Å². The molecule has 0 aromatic heterocycles. The maximum absolute atomic E-state index is 3.61. The second-order valence-electron chi connectivity index (χ2n) is 4.33. The molecule has 0 saturated carbocycles. The molecule has 0 spiro atoms. The molecule has 0 amide bonds. The predicted molar refractivity (Wildman–Crippen MR) is 74.6 cm³/mol. The lowest BCUT2D eigenvalue weighted by molar-refractivity contribution is 0.422. The molecule has 1 atom stereocenters. The van der Waals surface area contributed by atoms with Gasteiger partial charge in [-0.05, 0) is 31.0 Å². The van der Waals surface area contributed by atoms with E-state index in [1.807, 2.05) is 0 Å². The van der Waals surface area contributed by atoms with Gasteiger partial charge in [0.15, 0.2) is 0 Å². The van der Waals surface area contributed by atoms with Gasteiger partial charge in [0.25, 0.3) is 0 Å². The topological polar surface area (TPSA) is 12.0 Å². The molecule has 0 aliphatic carbocycles. The Hall–Kier alpha value is -0.340. The molecule has 0 bridgehead atoms. The summed E-state index contributed by atoms with van der Waals surface area (Å²) in [6.07, 6.45) is 2.51. The molecule has 0 aliphatic heterocycles. The van der Waals surface area contributed by atoms with Crippen LogP contribution in [0.1, 0.15) is 45.2 Å². The molecule has 16 heavy (non-hydrogen) atoms. The van der Waals surface area contributed by atoms with Gasteiger partial charge in [0.1, 0.15) is 0 Å². The minimum Gasteiger partial charge on any atom is -0.310 e. The first-order valence-electron chi connectivity index (χ1n) is 6.16. The van der Waals surface area contributed by atoms with Crippen molar-refractivity contribution in [1.82, 2.24) is 5.32 Å². The first-order chi connectivity index (χ1) is 7.69. The summed E-state index contributed by atoms with van der Waals surface area (Å²) in [6.45, 7) is 7.86. The standard InChI is InChI=1S/C14H22BrN/c1-4-12(5-2)10-16-11(3)13-8-6-7-9-14(13)15/h6-9,11-12,16H,4-5,10H2,1-3H3/t11-/m1/s1. The van der Waals surface area contributed by atoms with Crippen LogP contribution in [0.5, 0.6) is 0 Å². The van der Waals surface area contributed by atoms with Gasteiger partial charge in [-0.25, -0.2) is 0 Å². The minimum atomic E-state index is 0.413. The van der Waals surface area contributed by atoms with Crippen LogP contribution in [0.25, 0.3) is 0 Å². The summed E-state index contributed by atoms with van der Waals surface area (Å²) in [5.41, 5.74) is 1.34. The largest absolute Gasteiger partial charge is 0.310 e. The number of halogens is 1. The summed E-state index contributed by atoms with van der Waals surface area (Å²) in [6, 6.07) is 8.84. The van der Waals surface area contributed by atoms with Crippen molar-refractivity contribution in [3.63, 3.8) is 0 Å². The molecule has 1 aromatic carbocycles. The Balaban J connectivity index is 2.52. The third-order valence-electron chi connectivity index (χ3n) is 3.24. The van der Waals surface area contributed by atoms with E-state index in [2.05, 4.69) is 66.3 Å². The molecule has 1 rings (SSSR count). The van der Waals surface area contributed by atoms with Gasteiger partial charge in [0, 0.05) is 10.5 Å². The zero-order valence-electron chi connectivity index (χ0n) is 10.5. The Morgan fingerprint density at radius 3 is 2.38 bits per heavy atom. The molecule has 1 aromatic rings. The van der Waals surface area contributed by atoms with E-state index in [-0.39, 0.29) is 0 Å². The lowest BCUT2D eigenvalue weighted by Gasteiger charge is -2.19. The van der Waals surface area contributed by atoms with Gasteiger partial charge in [0.05, 0.1) is 0 Å². The van der Waals surface area contributed by atoms with Gasteiger partial charge in [0.2, 0.25) is 0 Å². The molecule has 2 heteroatoms. The van der Waals surface area contributed by atoms with Crippen LogP contribution in [-0.4, -0.2) is 6.54 Å². The maximum Gasteiger partial charge on any atom is 0.0303 e. The third kappa shape index (κ3) is 3.91. The number of nitrogens with one attached hydrogen (secondary N) is 1. The molecule has 0 radical (unpaired) electrons. The van der Waals surface area contributed by atoms with E-state index in [9.17, 15) is 0 Å². The van der Waals surface area contributed by atoms with Crippen LogP contribution in [0.3, 0.4) is 0 Å². The van der Waals surface area contributed by atoms with Crippen molar-refractivity contribution >= 4 is 15.9 Å². The van der Waals surface area contributed by atoms with Gasteiger partial charge < -0.3 is 5.32 Å². The summed E-state index contributed by atoms with van der Waals surface area (Å²) in [5.74, 6) is 0.796. The molecular formula is C14H22BrN. The first-order valence-corrected chi connectivity index (χ1v) is 6.96. The first kappa shape index (κ1) is 13.7. The number of benzene rings is 1. The lowest BCUT2D eigenvalue weighted by Crippen LogP contribution is -2.25. The van der Waals surface area contributed by atoms with Crippen molar-refractivity contribution in [2.75, 3.05) is 6.54 Å². The zero-order valence-corrected chi connectivity index (χ0v) is 12.0. The number of rotatable bonds is 6. The van der Waals surface area contributed by atoms with E-state index in [4.69, 9.17) is 0 Å².